The van der Waals surface area contributed by atoms with Crippen molar-refractivity contribution >= 4 is 16.0 Å². The van der Waals surface area contributed by atoms with Gasteiger partial charge in [-0.05, 0) is 20.8 Å². The van der Waals surface area contributed by atoms with E-state index in [4.69, 9.17) is 10.00 Å². The molecule has 0 spiro atoms. The van der Waals surface area contributed by atoms with E-state index in [0.29, 0.717) is 11.3 Å². The fourth-order valence-corrected chi connectivity index (χ4v) is 3.58. The Hall–Kier alpha value is -1.85. The van der Waals surface area contributed by atoms with Gasteiger partial charge in [-0.25, -0.2) is 13.2 Å². The summed E-state index contributed by atoms with van der Waals surface area (Å²) >= 11 is 0. The number of carbonyl (C=O) groups excluding carboxylic acids is 1. The molecule has 0 aromatic carbocycles. The van der Waals surface area contributed by atoms with Gasteiger partial charge < -0.3 is 9.72 Å². The number of aromatic nitrogens is 1. The molecule has 0 aliphatic heterocycles. The highest BCUT2D eigenvalue weighted by atomic mass is 32.2. The van der Waals surface area contributed by atoms with Gasteiger partial charge in [0, 0.05) is 31.3 Å². The van der Waals surface area contributed by atoms with Crippen LogP contribution in [0, 0.1) is 25.2 Å². The van der Waals surface area contributed by atoms with Crippen molar-refractivity contribution < 1.29 is 17.9 Å². The molecule has 0 fully saturated rings. The number of hydrogen-bond donors (Lipinski definition) is 1. The van der Waals surface area contributed by atoms with Crippen molar-refractivity contribution in [3.05, 3.63) is 17.0 Å². The molecule has 0 bridgehead atoms. The first-order chi connectivity index (χ1) is 9.77. The number of aryl methyl sites for hydroxylation is 1. The van der Waals surface area contributed by atoms with Crippen molar-refractivity contribution in [1.82, 2.24) is 9.29 Å². The zero-order valence-electron chi connectivity index (χ0n) is 12.6. The Morgan fingerprint density at radius 3 is 2.57 bits per heavy atom. The lowest BCUT2D eigenvalue weighted by atomic mass is 10.2. The highest BCUT2D eigenvalue weighted by Crippen LogP contribution is 2.26. The Morgan fingerprint density at radius 2 is 2.05 bits per heavy atom. The minimum Gasteiger partial charge on any atom is -0.461 e. The summed E-state index contributed by atoms with van der Waals surface area (Å²) < 4.78 is 31.0. The third-order valence-corrected chi connectivity index (χ3v) is 5.19. The van der Waals surface area contributed by atoms with E-state index in [0.717, 1.165) is 4.31 Å². The standard InChI is InChI=1S/C13H19N3O4S/c1-5-20-13(17)11-9(2)12(10(3)15-11)21(18,19)16(4)8-6-7-14/h15H,5-6,8H2,1-4H3. The number of hydrogen-bond acceptors (Lipinski definition) is 5. The predicted octanol–water partition coefficient (Wildman–Crippen LogP) is 1.34. The average Bonchev–Trinajstić information content (AvgIpc) is 2.71. The second-order valence-electron chi connectivity index (χ2n) is 4.53. The molecule has 1 N–H and O–H groups in total. The van der Waals surface area contributed by atoms with Crippen molar-refractivity contribution in [2.24, 2.45) is 0 Å². The molecule has 21 heavy (non-hydrogen) atoms. The molecular formula is C13H19N3O4S. The minimum atomic E-state index is -3.76. The van der Waals surface area contributed by atoms with Gasteiger partial charge in [-0.3, -0.25) is 0 Å². The Balaban J connectivity index is 3.26. The van der Waals surface area contributed by atoms with E-state index < -0.39 is 16.0 Å². The van der Waals surface area contributed by atoms with Crippen LogP contribution >= 0.6 is 0 Å². The van der Waals surface area contributed by atoms with Gasteiger partial charge in [0.15, 0.2) is 0 Å². The summed E-state index contributed by atoms with van der Waals surface area (Å²) in [4.78, 5) is 14.6. The zero-order valence-corrected chi connectivity index (χ0v) is 13.4. The Kier molecular flexibility index (Phi) is 5.52. The molecule has 1 aromatic rings. The van der Waals surface area contributed by atoms with Crippen molar-refractivity contribution in [1.29, 1.82) is 5.26 Å². The number of carbonyl (C=O) groups is 1. The topological polar surface area (TPSA) is 103 Å². The van der Waals surface area contributed by atoms with Crippen LogP contribution in [0.15, 0.2) is 4.90 Å². The SMILES string of the molecule is CCOC(=O)c1[nH]c(C)c(S(=O)(=O)N(C)CCC#N)c1C. The molecular weight excluding hydrogens is 294 g/mol. The Bertz CT molecular complexity index is 670. The number of esters is 1. The summed E-state index contributed by atoms with van der Waals surface area (Å²) in [6.45, 7) is 5.12. The van der Waals surface area contributed by atoms with Gasteiger partial charge in [0.1, 0.15) is 10.6 Å². The van der Waals surface area contributed by atoms with Crippen molar-refractivity contribution in [2.75, 3.05) is 20.2 Å². The second-order valence-corrected chi connectivity index (χ2v) is 6.52. The summed E-state index contributed by atoms with van der Waals surface area (Å²) in [6, 6.07) is 1.90. The third-order valence-electron chi connectivity index (χ3n) is 3.06. The van der Waals surface area contributed by atoms with Gasteiger partial charge in [-0.2, -0.15) is 9.57 Å². The van der Waals surface area contributed by atoms with Crippen LogP contribution in [0.5, 0.6) is 0 Å². The van der Waals surface area contributed by atoms with Crippen molar-refractivity contribution in [3.8, 4) is 6.07 Å². The molecule has 0 atom stereocenters. The molecule has 1 heterocycles. The van der Waals surface area contributed by atoms with Crippen LogP contribution in [0.4, 0.5) is 0 Å². The van der Waals surface area contributed by atoms with Crippen LogP contribution < -0.4 is 0 Å². The van der Waals surface area contributed by atoms with Gasteiger partial charge in [0.05, 0.1) is 12.7 Å². The summed E-state index contributed by atoms with van der Waals surface area (Å²) in [5.74, 6) is -0.584. The van der Waals surface area contributed by atoms with E-state index in [1.165, 1.54) is 7.05 Å². The lowest BCUT2D eigenvalue weighted by Crippen LogP contribution is -2.28. The lowest BCUT2D eigenvalue weighted by molar-refractivity contribution is 0.0519. The number of H-pyrrole nitrogens is 1. The first kappa shape index (κ1) is 17.2. The second kappa shape index (κ2) is 6.74. The van der Waals surface area contributed by atoms with E-state index >= 15 is 0 Å². The van der Waals surface area contributed by atoms with E-state index in [-0.39, 0.29) is 30.2 Å². The predicted molar refractivity (Wildman–Crippen MR) is 76.3 cm³/mol. The Morgan fingerprint density at radius 1 is 1.43 bits per heavy atom. The van der Waals surface area contributed by atoms with Crippen LogP contribution in [0.3, 0.4) is 0 Å². The number of sulfonamides is 1. The summed E-state index contributed by atoms with van der Waals surface area (Å²) in [7, 11) is -2.35. The molecule has 8 heteroatoms. The van der Waals surface area contributed by atoms with E-state index in [1.54, 1.807) is 20.8 Å². The van der Waals surface area contributed by atoms with Crippen LogP contribution in [-0.2, 0) is 14.8 Å². The molecule has 1 rings (SSSR count). The number of rotatable bonds is 6. The highest BCUT2D eigenvalue weighted by Gasteiger charge is 2.29. The quantitative estimate of drug-likeness (QED) is 0.798. The maximum Gasteiger partial charge on any atom is 0.355 e. The largest absolute Gasteiger partial charge is 0.461 e. The maximum absolute atomic E-state index is 12.5. The van der Waals surface area contributed by atoms with Crippen LogP contribution in [0.25, 0.3) is 0 Å². The molecule has 7 nitrogen and oxygen atoms in total. The van der Waals surface area contributed by atoms with Crippen LogP contribution in [0.1, 0.15) is 35.1 Å². The molecule has 1 aromatic heterocycles. The number of nitriles is 1. The molecule has 0 aliphatic carbocycles. The first-order valence-corrected chi connectivity index (χ1v) is 7.90. The monoisotopic (exact) mass is 313 g/mol. The Labute approximate surface area is 124 Å². The normalized spacial score (nSPS) is 11.4. The zero-order chi connectivity index (χ0) is 16.2. The number of nitrogens with zero attached hydrogens (tertiary/aromatic N) is 2. The van der Waals surface area contributed by atoms with Crippen LogP contribution in [0.2, 0.25) is 0 Å². The molecule has 0 radical (unpaired) electrons. The molecule has 0 amide bonds. The first-order valence-electron chi connectivity index (χ1n) is 6.46. The summed E-state index contributed by atoms with van der Waals surface area (Å²) in [5.41, 5.74) is 0.843. The third kappa shape index (κ3) is 3.43. The average molecular weight is 313 g/mol. The van der Waals surface area contributed by atoms with E-state index in [9.17, 15) is 13.2 Å². The van der Waals surface area contributed by atoms with Crippen molar-refractivity contribution in [3.63, 3.8) is 0 Å². The number of nitrogens with one attached hydrogen (secondary N) is 1. The number of aromatic amines is 1. The lowest BCUT2D eigenvalue weighted by Gasteiger charge is -2.16. The summed E-state index contributed by atoms with van der Waals surface area (Å²) in [5, 5.41) is 8.56. The summed E-state index contributed by atoms with van der Waals surface area (Å²) in [6.07, 6.45) is 0.100. The molecule has 0 saturated carbocycles. The van der Waals surface area contributed by atoms with E-state index in [1.807, 2.05) is 6.07 Å². The molecule has 0 aliphatic rings. The minimum absolute atomic E-state index is 0.0611. The van der Waals surface area contributed by atoms with E-state index in [2.05, 4.69) is 4.98 Å². The maximum atomic E-state index is 12.5. The molecule has 0 unspecified atom stereocenters. The van der Waals surface area contributed by atoms with Gasteiger partial charge in [0.2, 0.25) is 10.0 Å². The molecule has 116 valence electrons. The van der Waals surface area contributed by atoms with Gasteiger partial charge in [-0.1, -0.05) is 0 Å². The van der Waals surface area contributed by atoms with Gasteiger partial charge in [-0.15, -0.1) is 0 Å². The number of ether oxygens (including phenoxy) is 1. The van der Waals surface area contributed by atoms with Crippen LogP contribution in [-0.4, -0.2) is 43.9 Å². The van der Waals surface area contributed by atoms with Crippen molar-refractivity contribution in [2.45, 2.75) is 32.1 Å². The van der Waals surface area contributed by atoms with Gasteiger partial charge >= 0.3 is 5.97 Å². The fourth-order valence-electron chi connectivity index (χ4n) is 2.01. The highest BCUT2D eigenvalue weighted by molar-refractivity contribution is 7.89. The molecule has 0 saturated heterocycles. The van der Waals surface area contributed by atoms with Gasteiger partial charge in [0.25, 0.3) is 0 Å². The smallest absolute Gasteiger partial charge is 0.355 e. The fraction of sp³-hybridized carbons (Fsp3) is 0.538.